The molecule has 3 heteroatoms. The van der Waals surface area contributed by atoms with E-state index in [-0.39, 0.29) is 22.2 Å². The zero-order valence-electron chi connectivity index (χ0n) is 22.3. The number of hydrogen-bond donors (Lipinski definition) is 2. The fraction of sp³-hybridized carbons (Fsp3) is 0.900. The van der Waals surface area contributed by atoms with Crippen LogP contribution in [0.15, 0.2) is 11.6 Å². The topological polar surface area (TPSA) is 57.5 Å². The Morgan fingerprint density at radius 3 is 2.21 bits per heavy atom. The molecule has 0 bridgehead atoms. The summed E-state index contributed by atoms with van der Waals surface area (Å²) in [5.41, 5.74) is 1.98. The molecule has 33 heavy (non-hydrogen) atoms. The lowest BCUT2D eigenvalue weighted by molar-refractivity contribution is -0.216. The quantitative estimate of drug-likeness (QED) is 0.409. The van der Waals surface area contributed by atoms with Crippen molar-refractivity contribution < 1.29 is 15.0 Å². The van der Waals surface area contributed by atoms with Crippen molar-refractivity contribution in [3.05, 3.63) is 11.6 Å². The second-order valence-corrected chi connectivity index (χ2v) is 15.0. The van der Waals surface area contributed by atoms with Crippen LogP contribution >= 0.6 is 0 Å². The minimum absolute atomic E-state index is 0.0308. The molecule has 9 atom stereocenters. The molecule has 0 aromatic heterocycles. The molecule has 0 aromatic carbocycles. The van der Waals surface area contributed by atoms with Gasteiger partial charge in [-0.05, 0) is 116 Å². The van der Waals surface area contributed by atoms with E-state index in [0.717, 1.165) is 25.7 Å². The number of aliphatic hydroxyl groups excluding tert-OH is 1. The summed E-state index contributed by atoms with van der Waals surface area (Å²) in [5, 5.41) is 21.1. The Kier molecular flexibility index (Phi) is 4.99. The van der Waals surface area contributed by atoms with Crippen LogP contribution in [-0.2, 0) is 4.79 Å². The number of fused-ring (bicyclic) bond motifs is 7. The van der Waals surface area contributed by atoms with Crippen molar-refractivity contribution in [2.45, 2.75) is 119 Å². The van der Waals surface area contributed by atoms with Crippen molar-refractivity contribution >= 4 is 5.97 Å². The van der Waals surface area contributed by atoms with E-state index in [2.05, 4.69) is 47.6 Å². The first-order valence-corrected chi connectivity index (χ1v) is 13.8. The third-order valence-electron chi connectivity index (χ3n) is 13.2. The van der Waals surface area contributed by atoms with Crippen molar-refractivity contribution in [2.24, 2.45) is 50.2 Å². The number of hydrogen-bond acceptors (Lipinski definition) is 2. The number of allylic oxidation sites excluding steroid dienone is 2. The third-order valence-corrected chi connectivity index (χ3v) is 13.2. The predicted octanol–water partition coefficient (Wildman–Crippen LogP) is 7.23. The molecule has 0 aromatic rings. The first-order chi connectivity index (χ1) is 15.1. The summed E-state index contributed by atoms with van der Waals surface area (Å²) in [5.74, 6) is 0.432. The van der Waals surface area contributed by atoms with E-state index in [1.54, 1.807) is 5.57 Å². The van der Waals surface area contributed by atoms with Crippen molar-refractivity contribution in [3.63, 3.8) is 0 Å². The maximum atomic E-state index is 12.5. The summed E-state index contributed by atoms with van der Waals surface area (Å²) in [7, 11) is 0. The number of carboxylic acids is 1. The number of carboxylic acid groups (broad SMARTS) is 1. The van der Waals surface area contributed by atoms with Crippen molar-refractivity contribution in [1.29, 1.82) is 0 Å². The molecule has 2 N–H and O–H groups in total. The molecular weight excluding hydrogens is 408 g/mol. The van der Waals surface area contributed by atoms with Gasteiger partial charge in [-0.25, -0.2) is 0 Å². The summed E-state index contributed by atoms with van der Waals surface area (Å²) in [4.78, 5) is 12.5. The van der Waals surface area contributed by atoms with Gasteiger partial charge in [-0.1, -0.05) is 53.2 Å². The maximum Gasteiger partial charge on any atom is 0.312 e. The first kappa shape index (κ1) is 23.9. The monoisotopic (exact) mass is 456 g/mol. The second kappa shape index (κ2) is 6.89. The van der Waals surface area contributed by atoms with Gasteiger partial charge in [0.2, 0.25) is 0 Å². The van der Waals surface area contributed by atoms with E-state index < -0.39 is 17.5 Å². The highest BCUT2D eigenvalue weighted by Crippen LogP contribution is 2.75. The highest BCUT2D eigenvalue weighted by molar-refractivity contribution is 5.76. The van der Waals surface area contributed by atoms with Crippen molar-refractivity contribution in [3.8, 4) is 0 Å². The van der Waals surface area contributed by atoms with Gasteiger partial charge >= 0.3 is 5.97 Å². The minimum atomic E-state index is -1.03. The lowest BCUT2D eigenvalue weighted by atomic mass is 9.33. The molecule has 4 fully saturated rings. The number of aliphatic carboxylic acids is 1. The summed E-state index contributed by atoms with van der Waals surface area (Å²) in [6, 6.07) is 0. The molecule has 5 aliphatic carbocycles. The molecule has 5 aliphatic rings. The molecule has 0 amide bonds. The molecule has 1 unspecified atom stereocenters. The largest absolute Gasteiger partial charge is 0.481 e. The van der Waals surface area contributed by atoms with Gasteiger partial charge in [0.1, 0.15) is 0 Å². The molecule has 0 radical (unpaired) electrons. The van der Waals surface area contributed by atoms with Crippen LogP contribution in [0.2, 0.25) is 0 Å². The minimum Gasteiger partial charge on any atom is -0.481 e. The second-order valence-electron chi connectivity index (χ2n) is 15.0. The Morgan fingerprint density at radius 2 is 1.55 bits per heavy atom. The van der Waals surface area contributed by atoms with Crippen LogP contribution in [0, 0.1) is 50.2 Å². The molecular formula is C30H48O3. The van der Waals surface area contributed by atoms with E-state index in [0.29, 0.717) is 29.1 Å². The highest BCUT2D eigenvalue weighted by atomic mass is 16.4. The van der Waals surface area contributed by atoms with Gasteiger partial charge in [0.05, 0.1) is 11.5 Å². The Hall–Kier alpha value is -0.830. The van der Waals surface area contributed by atoms with Crippen LogP contribution in [0.4, 0.5) is 0 Å². The van der Waals surface area contributed by atoms with E-state index >= 15 is 0 Å². The molecule has 3 nitrogen and oxygen atoms in total. The number of carbonyl (C=O) groups is 1. The Bertz CT molecular complexity index is 889. The average Bonchev–Trinajstić information content (AvgIpc) is 2.72. The van der Waals surface area contributed by atoms with Crippen LogP contribution in [0.1, 0.15) is 113 Å². The standard InChI is InChI=1S/C30H48O3/c1-25(2)14-15-26(3)16-17-28(5)19(20(26)18-25)8-9-21-27(4)12-11-23(31)30(7,24(32)33)22(27)10-13-29(21,28)6/h8,20-23,31H,9-18H2,1-7H3,(H,32,33)/t20-,21-,22?,23-,26-,27-,28-,29-,30-/m1/s1. The number of rotatable bonds is 1. The SMILES string of the molecule is CC1(C)CC[C@]2(C)CC[C@]3(C)C(=CC[C@@H]4[C@@]5(C)CC[C@@H](O)[C@](C)(C(=O)O)C5CC[C@]43C)[C@H]2C1. The Morgan fingerprint density at radius 1 is 0.879 bits per heavy atom. The van der Waals surface area contributed by atoms with E-state index in [4.69, 9.17) is 0 Å². The summed E-state index contributed by atoms with van der Waals surface area (Å²) < 4.78 is 0. The summed E-state index contributed by atoms with van der Waals surface area (Å²) in [6.45, 7) is 16.9. The van der Waals surface area contributed by atoms with Gasteiger partial charge in [0.25, 0.3) is 0 Å². The molecule has 0 spiro atoms. The van der Waals surface area contributed by atoms with Crippen LogP contribution in [0.5, 0.6) is 0 Å². The summed E-state index contributed by atoms with van der Waals surface area (Å²) >= 11 is 0. The molecule has 5 rings (SSSR count). The van der Waals surface area contributed by atoms with Crippen LogP contribution in [0.3, 0.4) is 0 Å². The summed E-state index contributed by atoms with van der Waals surface area (Å²) in [6.07, 6.45) is 13.2. The number of aliphatic hydroxyl groups is 1. The molecule has 0 saturated heterocycles. The molecule has 186 valence electrons. The van der Waals surface area contributed by atoms with Gasteiger partial charge in [0.15, 0.2) is 0 Å². The van der Waals surface area contributed by atoms with Gasteiger partial charge in [0, 0.05) is 0 Å². The highest BCUT2D eigenvalue weighted by Gasteiger charge is 2.69. The normalized spacial score (nSPS) is 55.3. The maximum absolute atomic E-state index is 12.5. The van der Waals surface area contributed by atoms with E-state index in [9.17, 15) is 15.0 Å². The van der Waals surface area contributed by atoms with Gasteiger partial charge < -0.3 is 10.2 Å². The molecule has 4 saturated carbocycles. The van der Waals surface area contributed by atoms with Gasteiger partial charge in [-0.2, -0.15) is 0 Å². The smallest absolute Gasteiger partial charge is 0.312 e. The van der Waals surface area contributed by atoms with Crippen LogP contribution < -0.4 is 0 Å². The zero-order chi connectivity index (χ0) is 24.2. The molecule has 0 heterocycles. The third kappa shape index (κ3) is 2.87. The van der Waals surface area contributed by atoms with Gasteiger partial charge in [-0.3, -0.25) is 4.79 Å². The van der Waals surface area contributed by atoms with Crippen LogP contribution in [0.25, 0.3) is 0 Å². The van der Waals surface area contributed by atoms with Crippen LogP contribution in [-0.4, -0.2) is 22.3 Å². The van der Waals surface area contributed by atoms with E-state index in [1.165, 1.54) is 32.1 Å². The zero-order valence-corrected chi connectivity index (χ0v) is 22.3. The van der Waals surface area contributed by atoms with Crippen molar-refractivity contribution in [2.75, 3.05) is 0 Å². The lowest BCUT2D eigenvalue weighted by Gasteiger charge is -2.71. The predicted molar refractivity (Wildman–Crippen MR) is 133 cm³/mol. The average molecular weight is 457 g/mol. The van der Waals surface area contributed by atoms with Crippen molar-refractivity contribution in [1.82, 2.24) is 0 Å². The first-order valence-electron chi connectivity index (χ1n) is 13.8. The fourth-order valence-corrected chi connectivity index (χ4v) is 10.5. The molecule has 0 aliphatic heterocycles. The lowest BCUT2D eigenvalue weighted by Crippen LogP contribution is -2.66. The Balaban J connectivity index is 1.58. The fourth-order valence-electron chi connectivity index (χ4n) is 10.5. The van der Waals surface area contributed by atoms with E-state index in [1.807, 2.05) is 6.92 Å². The Labute approximate surface area is 201 Å². The van der Waals surface area contributed by atoms with Gasteiger partial charge in [-0.15, -0.1) is 0 Å².